The Morgan fingerprint density at radius 1 is 1.17 bits per heavy atom. The minimum absolute atomic E-state index is 0.326. The van der Waals surface area contributed by atoms with Crippen molar-refractivity contribution in [3.63, 3.8) is 0 Å². The molecule has 18 heavy (non-hydrogen) atoms. The van der Waals surface area contributed by atoms with Crippen LogP contribution in [0, 0.1) is 6.92 Å². The maximum absolute atomic E-state index is 11.8. The molecular weight excluding hydrogens is 222 g/mol. The zero-order chi connectivity index (χ0) is 13.2. The van der Waals surface area contributed by atoms with Gasteiger partial charge in [-0.05, 0) is 25.0 Å². The van der Waals surface area contributed by atoms with E-state index in [4.69, 9.17) is 0 Å². The zero-order valence-corrected chi connectivity index (χ0v) is 11.7. The largest absolute Gasteiger partial charge is 0.299 e. The number of carbonyl (C=O) groups excluding carboxylic acids is 1. The van der Waals surface area contributed by atoms with Gasteiger partial charge in [0.1, 0.15) is 5.78 Å². The van der Waals surface area contributed by atoms with Gasteiger partial charge in [-0.3, -0.25) is 9.78 Å². The smallest absolute Gasteiger partial charge is 0.138 e. The number of rotatable bonds is 9. The van der Waals surface area contributed by atoms with E-state index in [1.807, 2.05) is 19.1 Å². The van der Waals surface area contributed by atoms with Gasteiger partial charge in [0.2, 0.25) is 0 Å². The van der Waals surface area contributed by atoms with Crippen LogP contribution in [-0.2, 0) is 11.2 Å². The van der Waals surface area contributed by atoms with Crippen LogP contribution in [0.3, 0.4) is 0 Å². The Hall–Kier alpha value is -1.18. The molecule has 1 rings (SSSR count). The normalized spacial score (nSPS) is 10.6. The molecule has 0 aromatic carbocycles. The Balaban J connectivity index is 2.16. The highest BCUT2D eigenvalue weighted by Crippen LogP contribution is 2.10. The van der Waals surface area contributed by atoms with Crippen molar-refractivity contribution >= 4 is 5.78 Å². The molecular formula is C16H25NO. The van der Waals surface area contributed by atoms with Gasteiger partial charge in [0.25, 0.3) is 0 Å². The predicted molar refractivity (Wildman–Crippen MR) is 75.7 cm³/mol. The Bertz CT molecular complexity index is 360. The van der Waals surface area contributed by atoms with Gasteiger partial charge in [-0.1, -0.05) is 45.1 Å². The third kappa shape index (κ3) is 5.95. The number of hydrogen-bond donors (Lipinski definition) is 0. The summed E-state index contributed by atoms with van der Waals surface area (Å²) in [5, 5.41) is 0. The molecule has 100 valence electrons. The molecule has 0 aliphatic heterocycles. The lowest BCUT2D eigenvalue weighted by Gasteiger charge is -2.04. The minimum Gasteiger partial charge on any atom is -0.299 e. The summed E-state index contributed by atoms with van der Waals surface area (Å²) in [6.45, 7) is 4.24. The molecule has 0 unspecified atom stereocenters. The van der Waals surface area contributed by atoms with E-state index < -0.39 is 0 Å². The Morgan fingerprint density at radius 3 is 2.61 bits per heavy atom. The first-order valence-corrected chi connectivity index (χ1v) is 7.16. The summed E-state index contributed by atoms with van der Waals surface area (Å²) in [4.78, 5) is 16.1. The Kier molecular flexibility index (Phi) is 7.31. The Labute approximate surface area is 111 Å². The van der Waals surface area contributed by atoms with Gasteiger partial charge >= 0.3 is 0 Å². The first-order chi connectivity index (χ1) is 8.74. The standard InChI is InChI=1S/C16H25NO/c1-3-4-5-6-7-8-11-15(18)13-16-14(2)10-9-12-17-16/h9-10,12H,3-8,11,13H2,1-2H3. The number of pyridine rings is 1. The maximum Gasteiger partial charge on any atom is 0.138 e. The van der Waals surface area contributed by atoms with E-state index in [1.165, 1.54) is 32.1 Å². The van der Waals surface area contributed by atoms with Crippen LogP contribution in [0.1, 0.15) is 63.1 Å². The monoisotopic (exact) mass is 247 g/mol. The fourth-order valence-corrected chi connectivity index (χ4v) is 2.08. The van der Waals surface area contributed by atoms with Crippen molar-refractivity contribution in [2.24, 2.45) is 0 Å². The molecule has 0 saturated carbocycles. The molecule has 0 N–H and O–H groups in total. The second-order valence-electron chi connectivity index (χ2n) is 5.00. The average Bonchev–Trinajstić information content (AvgIpc) is 2.36. The van der Waals surface area contributed by atoms with Gasteiger partial charge in [-0.15, -0.1) is 0 Å². The summed E-state index contributed by atoms with van der Waals surface area (Å²) in [7, 11) is 0. The van der Waals surface area contributed by atoms with Crippen molar-refractivity contribution < 1.29 is 4.79 Å². The second kappa shape index (κ2) is 8.84. The fourth-order valence-electron chi connectivity index (χ4n) is 2.08. The molecule has 0 bridgehead atoms. The van der Waals surface area contributed by atoms with E-state index in [9.17, 15) is 4.79 Å². The van der Waals surface area contributed by atoms with Gasteiger partial charge in [-0.25, -0.2) is 0 Å². The van der Waals surface area contributed by atoms with Crippen LogP contribution in [0.5, 0.6) is 0 Å². The van der Waals surface area contributed by atoms with E-state index in [1.54, 1.807) is 6.20 Å². The maximum atomic E-state index is 11.8. The third-order valence-electron chi connectivity index (χ3n) is 3.29. The van der Waals surface area contributed by atoms with Crippen molar-refractivity contribution in [3.8, 4) is 0 Å². The lowest BCUT2D eigenvalue weighted by atomic mass is 10.0. The molecule has 0 fully saturated rings. The van der Waals surface area contributed by atoms with E-state index in [0.717, 1.165) is 17.7 Å². The van der Waals surface area contributed by atoms with Crippen LogP contribution in [0.15, 0.2) is 18.3 Å². The van der Waals surface area contributed by atoms with Crippen molar-refractivity contribution in [1.29, 1.82) is 0 Å². The van der Waals surface area contributed by atoms with Gasteiger partial charge in [0.15, 0.2) is 0 Å². The number of aryl methyl sites for hydroxylation is 1. The minimum atomic E-state index is 0.326. The second-order valence-corrected chi connectivity index (χ2v) is 5.00. The van der Waals surface area contributed by atoms with Gasteiger partial charge < -0.3 is 0 Å². The van der Waals surface area contributed by atoms with Crippen LogP contribution in [0.25, 0.3) is 0 Å². The highest BCUT2D eigenvalue weighted by Gasteiger charge is 2.06. The molecule has 0 saturated heterocycles. The number of Topliss-reactive ketones (excluding diaryl/α,β-unsaturated/α-hetero) is 1. The van der Waals surface area contributed by atoms with Crippen LogP contribution in [0.4, 0.5) is 0 Å². The SMILES string of the molecule is CCCCCCCCC(=O)Cc1ncccc1C. The summed E-state index contributed by atoms with van der Waals surface area (Å²) >= 11 is 0. The summed E-state index contributed by atoms with van der Waals surface area (Å²) in [5.41, 5.74) is 2.06. The molecule has 2 nitrogen and oxygen atoms in total. The van der Waals surface area contributed by atoms with Crippen LogP contribution >= 0.6 is 0 Å². The zero-order valence-electron chi connectivity index (χ0n) is 11.7. The molecule has 2 heteroatoms. The number of hydrogen-bond acceptors (Lipinski definition) is 2. The molecule has 1 heterocycles. The first kappa shape index (κ1) is 14.9. The van der Waals surface area contributed by atoms with E-state index >= 15 is 0 Å². The summed E-state index contributed by atoms with van der Waals surface area (Å²) < 4.78 is 0. The lowest BCUT2D eigenvalue weighted by Crippen LogP contribution is -2.05. The van der Waals surface area contributed by atoms with E-state index in [0.29, 0.717) is 18.6 Å². The molecule has 1 aromatic heterocycles. The lowest BCUT2D eigenvalue weighted by molar-refractivity contribution is -0.118. The number of aromatic nitrogens is 1. The number of carbonyl (C=O) groups is 1. The van der Waals surface area contributed by atoms with Gasteiger partial charge in [0, 0.05) is 19.0 Å². The third-order valence-corrected chi connectivity index (χ3v) is 3.29. The molecule has 0 radical (unpaired) electrons. The van der Waals surface area contributed by atoms with E-state index in [2.05, 4.69) is 11.9 Å². The van der Waals surface area contributed by atoms with Crippen LogP contribution < -0.4 is 0 Å². The van der Waals surface area contributed by atoms with E-state index in [-0.39, 0.29) is 0 Å². The Morgan fingerprint density at radius 2 is 1.89 bits per heavy atom. The quantitative estimate of drug-likeness (QED) is 0.610. The van der Waals surface area contributed by atoms with Crippen LogP contribution in [-0.4, -0.2) is 10.8 Å². The molecule has 0 atom stereocenters. The first-order valence-electron chi connectivity index (χ1n) is 7.16. The number of unbranched alkanes of at least 4 members (excludes halogenated alkanes) is 5. The number of ketones is 1. The summed E-state index contributed by atoms with van der Waals surface area (Å²) in [5.74, 6) is 0.326. The van der Waals surface area contributed by atoms with Crippen molar-refractivity contribution in [2.45, 2.75) is 65.2 Å². The van der Waals surface area contributed by atoms with Crippen molar-refractivity contribution in [1.82, 2.24) is 4.98 Å². The molecule has 0 amide bonds. The highest BCUT2D eigenvalue weighted by atomic mass is 16.1. The predicted octanol–water partition coefficient (Wildman–Crippen LogP) is 4.25. The summed E-state index contributed by atoms with van der Waals surface area (Å²) in [6, 6.07) is 3.93. The van der Waals surface area contributed by atoms with Gasteiger partial charge in [-0.2, -0.15) is 0 Å². The molecule has 0 spiro atoms. The average molecular weight is 247 g/mol. The summed E-state index contributed by atoms with van der Waals surface area (Å²) in [6.07, 6.45) is 10.4. The fraction of sp³-hybridized carbons (Fsp3) is 0.625. The highest BCUT2D eigenvalue weighted by molar-refractivity contribution is 5.80. The number of nitrogens with zero attached hydrogens (tertiary/aromatic N) is 1. The van der Waals surface area contributed by atoms with Crippen molar-refractivity contribution in [2.75, 3.05) is 0 Å². The van der Waals surface area contributed by atoms with Crippen LogP contribution in [0.2, 0.25) is 0 Å². The molecule has 1 aromatic rings. The van der Waals surface area contributed by atoms with Gasteiger partial charge in [0.05, 0.1) is 5.69 Å². The molecule has 0 aliphatic carbocycles. The molecule has 0 aliphatic rings. The van der Waals surface area contributed by atoms with Crippen molar-refractivity contribution in [3.05, 3.63) is 29.6 Å². The topological polar surface area (TPSA) is 30.0 Å².